The van der Waals surface area contributed by atoms with Gasteiger partial charge in [0.15, 0.2) is 6.29 Å². The lowest BCUT2D eigenvalue weighted by molar-refractivity contribution is -0.158. The zero-order chi connectivity index (χ0) is 25.3. The minimum atomic E-state index is -0.772. The molecule has 0 fully saturated rings. The van der Waals surface area contributed by atoms with Crippen LogP contribution in [-0.4, -0.2) is 30.6 Å². The Kier molecular flexibility index (Phi) is 25.0. The molecule has 0 aromatic heterocycles. The second-order valence-electron chi connectivity index (χ2n) is 10.4. The van der Waals surface area contributed by atoms with Gasteiger partial charge in [-0.1, -0.05) is 130 Å². The maximum atomic E-state index is 11.1. The van der Waals surface area contributed by atoms with E-state index in [9.17, 15) is 4.79 Å². The van der Waals surface area contributed by atoms with Gasteiger partial charge in [-0.15, -0.1) is 0 Å². The van der Waals surface area contributed by atoms with Crippen molar-refractivity contribution in [2.75, 3.05) is 13.2 Å². The highest BCUT2D eigenvalue weighted by Gasteiger charge is 2.16. The molecule has 0 aromatic rings. The molecular weight excluding hydrogens is 424 g/mol. The summed E-state index contributed by atoms with van der Waals surface area (Å²) in [6.45, 7) is 10.4. The standard InChI is InChI=1S/C30H60O4/c1-5-9-13-17-27(18-14-10-6-2)23-25-33-30(22-21-29(31)32)34-26-24-28(19-15-11-7-3)20-16-12-8-4/h27-28,30H,5-26H2,1-4H3,(H,31,32). The third-order valence-electron chi connectivity index (χ3n) is 7.12. The first-order valence-electron chi connectivity index (χ1n) is 15.0. The lowest BCUT2D eigenvalue weighted by Gasteiger charge is -2.23. The van der Waals surface area contributed by atoms with Crippen LogP contribution in [0.3, 0.4) is 0 Å². The number of hydrogen-bond acceptors (Lipinski definition) is 3. The summed E-state index contributed by atoms with van der Waals surface area (Å²) in [4.78, 5) is 11.1. The van der Waals surface area contributed by atoms with E-state index in [0.29, 0.717) is 19.6 Å². The van der Waals surface area contributed by atoms with Crippen LogP contribution in [0, 0.1) is 11.8 Å². The van der Waals surface area contributed by atoms with E-state index >= 15 is 0 Å². The summed E-state index contributed by atoms with van der Waals surface area (Å²) >= 11 is 0. The van der Waals surface area contributed by atoms with Gasteiger partial charge < -0.3 is 14.6 Å². The van der Waals surface area contributed by atoms with Gasteiger partial charge in [0.25, 0.3) is 0 Å². The summed E-state index contributed by atoms with van der Waals surface area (Å²) in [5.41, 5.74) is 0. The van der Waals surface area contributed by atoms with Crippen molar-refractivity contribution in [2.45, 2.75) is 162 Å². The van der Waals surface area contributed by atoms with E-state index in [-0.39, 0.29) is 12.7 Å². The fourth-order valence-corrected chi connectivity index (χ4v) is 4.79. The summed E-state index contributed by atoms with van der Waals surface area (Å²) < 4.78 is 12.3. The maximum Gasteiger partial charge on any atom is 0.303 e. The molecule has 0 rings (SSSR count). The summed E-state index contributed by atoms with van der Waals surface area (Å²) in [5.74, 6) is 0.672. The molecule has 4 nitrogen and oxygen atoms in total. The molecule has 34 heavy (non-hydrogen) atoms. The number of carboxylic acids is 1. The van der Waals surface area contributed by atoms with Gasteiger partial charge in [-0.05, 0) is 24.7 Å². The molecular formula is C30H60O4. The maximum absolute atomic E-state index is 11.1. The van der Waals surface area contributed by atoms with Gasteiger partial charge in [0.2, 0.25) is 0 Å². The molecule has 0 atom stereocenters. The SMILES string of the molecule is CCCCCC(CCCCC)CCOC(CCC(=O)O)OCCC(CCCCC)CCCCC. The van der Waals surface area contributed by atoms with Gasteiger partial charge in [-0.25, -0.2) is 0 Å². The highest BCUT2D eigenvalue weighted by Crippen LogP contribution is 2.23. The van der Waals surface area contributed by atoms with Crippen molar-refractivity contribution < 1.29 is 19.4 Å². The fourth-order valence-electron chi connectivity index (χ4n) is 4.79. The Morgan fingerprint density at radius 3 is 1.21 bits per heavy atom. The van der Waals surface area contributed by atoms with Gasteiger partial charge in [-0.3, -0.25) is 4.79 Å². The molecule has 204 valence electrons. The first kappa shape index (κ1) is 33.4. The number of ether oxygens (including phenoxy) is 2. The van der Waals surface area contributed by atoms with Gasteiger partial charge in [-0.2, -0.15) is 0 Å². The molecule has 4 heteroatoms. The quantitative estimate of drug-likeness (QED) is 0.0931. The first-order valence-corrected chi connectivity index (χ1v) is 15.0. The highest BCUT2D eigenvalue weighted by molar-refractivity contribution is 5.66. The number of aliphatic carboxylic acids is 1. The van der Waals surface area contributed by atoms with Crippen molar-refractivity contribution in [1.82, 2.24) is 0 Å². The van der Waals surface area contributed by atoms with Crippen LogP contribution in [0.15, 0.2) is 0 Å². The number of carboxylic acid groups (broad SMARTS) is 1. The van der Waals surface area contributed by atoms with E-state index in [2.05, 4.69) is 27.7 Å². The molecule has 0 heterocycles. The minimum absolute atomic E-state index is 0.109. The molecule has 0 unspecified atom stereocenters. The lowest BCUT2D eigenvalue weighted by Crippen LogP contribution is -2.22. The van der Waals surface area contributed by atoms with Crippen molar-refractivity contribution in [3.63, 3.8) is 0 Å². The monoisotopic (exact) mass is 484 g/mol. The molecule has 0 saturated heterocycles. The summed E-state index contributed by atoms with van der Waals surface area (Å²) in [6, 6.07) is 0. The van der Waals surface area contributed by atoms with Crippen LogP contribution >= 0.6 is 0 Å². The molecule has 0 amide bonds. The Morgan fingerprint density at radius 1 is 0.559 bits per heavy atom. The predicted octanol–water partition coefficient (Wildman–Crippen LogP) is 9.54. The Bertz CT molecular complexity index is 376. The smallest absolute Gasteiger partial charge is 0.303 e. The van der Waals surface area contributed by atoms with Gasteiger partial charge in [0.05, 0.1) is 6.42 Å². The van der Waals surface area contributed by atoms with E-state index in [0.717, 1.165) is 24.7 Å². The topological polar surface area (TPSA) is 55.8 Å². The molecule has 0 bridgehead atoms. The zero-order valence-electron chi connectivity index (χ0n) is 23.5. The number of unbranched alkanes of at least 4 members (excludes halogenated alkanes) is 8. The van der Waals surface area contributed by atoms with E-state index in [1.165, 1.54) is 103 Å². The molecule has 0 aromatic carbocycles. The molecule has 0 radical (unpaired) electrons. The molecule has 0 aliphatic heterocycles. The molecule has 0 aliphatic rings. The number of hydrogen-bond donors (Lipinski definition) is 1. The van der Waals surface area contributed by atoms with E-state index in [1.54, 1.807) is 0 Å². The summed E-state index contributed by atoms with van der Waals surface area (Å²) in [5, 5.41) is 9.16. The Labute approximate surface area is 213 Å². The summed E-state index contributed by atoms with van der Waals surface area (Å²) in [7, 11) is 0. The minimum Gasteiger partial charge on any atom is -0.481 e. The Morgan fingerprint density at radius 2 is 0.912 bits per heavy atom. The second kappa shape index (κ2) is 25.5. The fraction of sp³-hybridized carbons (Fsp3) is 0.967. The summed E-state index contributed by atoms with van der Waals surface area (Å²) in [6.07, 6.45) is 23.0. The second-order valence-corrected chi connectivity index (χ2v) is 10.4. The average molecular weight is 485 g/mol. The van der Waals surface area contributed by atoms with E-state index in [1.807, 2.05) is 0 Å². The van der Waals surface area contributed by atoms with Crippen LogP contribution in [0.5, 0.6) is 0 Å². The zero-order valence-corrected chi connectivity index (χ0v) is 23.5. The lowest BCUT2D eigenvalue weighted by atomic mass is 9.92. The van der Waals surface area contributed by atoms with Crippen molar-refractivity contribution in [2.24, 2.45) is 11.8 Å². The van der Waals surface area contributed by atoms with E-state index in [4.69, 9.17) is 14.6 Å². The van der Waals surface area contributed by atoms with Crippen molar-refractivity contribution in [3.05, 3.63) is 0 Å². The Hall–Kier alpha value is -0.610. The van der Waals surface area contributed by atoms with Crippen LogP contribution in [0.25, 0.3) is 0 Å². The normalized spacial score (nSPS) is 11.9. The third-order valence-corrected chi connectivity index (χ3v) is 7.12. The van der Waals surface area contributed by atoms with Crippen LogP contribution < -0.4 is 0 Å². The molecule has 0 aliphatic carbocycles. The van der Waals surface area contributed by atoms with Crippen LogP contribution in [0.1, 0.15) is 156 Å². The highest BCUT2D eigenvalue weighted by atomic mass is 16.7. The number of carbonyl (C=O) groups is 1. The average Bonchev–Trinajstić information content (AvgIpc) is 2.82. The first-order chi connectivity index (χ1) is 16.6. The van der Waals surface area contributed by atoms with Gasteiger partial charge in [0.1, 0.15) is 0 Å². The third kappa shape index (κ3) is 21.9. The van der Waals surface area contributed by atoms with Crippen LogP contribution in [0.2, 0.25) is 0 Å². The molecule has 0 saturated carbocycles. The van der Waals surface area contributed by atoms with Crippen LogP contribution in [-0.2, 0) is 14.3 Å². The van der Waals surface area contributed by atoms with Crippen molar-refractivity contribution in [1.29, 1.82) is 0 Å². The Balaban J connectivity index is 4.58. The van der Waals surface area contributed by atoms with Crippen molar-refractivity contribution in [3.8, 4) is 0 Å². The van der Waals surface area contributed by atoms with Crippen LogP contribution in [0.4, 0.5) is 0 Å². The van der Waals surface area contributed by atoms with Gasteiger partial charge in [0, 0.05) is 19.6 Å². The molecule has 1 N–H and O–H groups in total. The van der Waals surface area contributed by atoms with Gasteiger partial charge >= 0.3 is 5.97 Å². The number of rotatable bonds is 27. The van der Waals surface area contributed by atoms with E-state index < -0.39 is 5.97 Å². The van der Waals surface area contributed by atoms with Crippen molar-refractivity contribution >= 4 is 5.97 Å². The largest absolute Gasteiger partial charge is 0.481 e. The molecule has 0 spiro atoms. The predicted molar refractivity (Wildman–Crippen MR) is 145 cm³/mol.